The summed E-state index contributed by atoms with van der Waals surface area (Å²) in [4.78, 5) is 33.0. The van der Waals surface area contributed by atoms with E-state index >= 15 is 0 Å². The van der Waals surface area contributed by atoms with Gasteiger partial charge >= 0.3 is 6.03 Å². The summed E-state index contributed by atoms with van der Waals surface area (Å²) in [6, 6.07) is 5.67. The molecular formula is C30H44ClN7O2. The molecule has 1 saturated heterocycles. The van der Waals surface area contributed by atoms with Crippen LogP contribution in [0.2, 0.25) is 5.02 Å². The average Bonchev–Trinajstić information content (AvgIpc) is 3.18. The van der Waals surface area contributed by atoms with Crippen molar-refractivity contribution in [3.8, 4) is 0 Å². The molecule has 0 atom stereocenters. The van der Waals surface area contributed by atoms with Crippen molar-refractivity contribution in [3.63, 3.8) is 0 Å². The summed E-state index contributed by atoms with van der Waals surface area (Å²) >= 11 is 6.30. The van der Waals surface area contributed by atoms with Crippen molar-refractivity contribution in [1.29, 1.82) is 0 Å². The number of urea groups is 1. The van der Waals surface area contributed by atoms with E-state index in [0.717, 1.165) is 81.2 Å². The molecule has 3 amide bonds. The molecule has 9 nitrogen and oxygen atoms in total. The van der Waals surface area contributed by atoms with Gasteiger partial charge in [0.15, 0.2) is 0 Å². The third-order valence-electron chi connectivity index (χ3n) is 8.69. The Balaban J connectivity index is 1.11. The molecule has 3 aliphatic rings. The SMILES string of the molecule is Cn1ncc2c1Nc1cc(Cl)ccc1N(C(=O)C1CCC(CNC(=O)N3CCN(CCC(C)(C)C)CC3)CC1)C2. The molecule has 0 bridgehead atoms. The molecule has 0 unspecified atom stereocenters. The Kier molecular flexibility index (Phi) is 8.61. The summed E-state index contributed by atoms with van der Waals surface area (Å²) in [6.45, 7) is 12.5. The smallest absolute Gasteiger partial charge is 0.317 e. The molecule has 10 heteroatoms. The lowest BCUT2D eigenvalue weighted by molar-refractivity contribution is -0.123. The van der Waals surface area contributed by atoms with Crippen LogP contribution < -0.4 is 15.5 Å². The largest absolute Gasteiger partial charge is 0.338 e. The first-order valence-electron chi connectivity index (χ1n) is 14.7. The van der Waals surface area contributed by atoms with Crippen molar-refractivity contribution in [3.05, 3.63) is 35.0 Å². The van der Waals surface area contributed by atoms with Gasteiger partial charge in [0.25, 0.3) is 0 Å². The first-order chi connectivity index (χ1) is 19.1. The minimum Gasteiger partial charge on any atom is -0.338 e. The number of rotatable bonds is 5. The van der Waals surface area contributed by atoms with Crippen molar-refractivity contribution in [1.82, 2.24) is 24.9 Å². The molecule has 2 fully saturated rings. The Morgan fingerprint density at radius 1 is 1.10 bits per heavy atom. The molecule has 0 radical (unpaired) electrons. The van der Waals surface area contributed by atoms with E-state index in [1.54, 1.807) is 4.68 Å². The van der Waals surface area contributed by atoms with E-state index in [4.69, 9.17) is 11.6 Å². The minimum atomic E-state index is -0.0325. The fourth-order valence-corrected chi connectivity index (χ4v) is 6.20. The van der Waals surface area contributed by atoms with Crippen LogP contribution in [0.1, 0.15) is 58.4 Å². The number of nitrogens with zero attached hydrogens (tertiary/aromatic N) is 5. The first kappa shape index (κ1) is 28.7. The normalized spacial score (nSPS) is 21.7. The number of carbonyl (C=O) groups is 2. The number of nitrogens with one attached hydrogen (secondary N) is 2. The Morgan fingerprint density at radius 2 is 1.82 bits per heavy atom. The summed E-state index contributed by atoms with van der Waals surface area (Å²) in [6.07, 6.45) is 6.53. The number of anilines is 3. The standard InChI is InChI=1S/C30H44ClN7O2/c1-30(2,3)11-12-36-13-15-37(16-14-36)29(40)32-18-21-5-7-22(8-6-21)28(39)38-20-23-19-33-35(4)27(23)34-25-17-24(31)9-10-26(25)38/h9-10,17,19,21-22,34H,5-8,11-16,18,20H2,1-4H3,(H,32,40). The summed E-state index contributed by atoms with van der Waals surface area (Å²) in [7, 11) is 1.89. The van der Waals surface area contributed by atoms with Crippen LogP contribution in [-0.4, -0.2) is 70.8 Å². The zero-order chi connectivity index (χ0) is 28.4. The third kappa shape index (κ3) is 6.74. The number of hydrogen-bond acceptors (Lipinski definition) is 5. The van der Waals surface area contributed by atoms with Gasteiger partial charge in [-0.2, -0.15) is 5.10 Å². The lowest BCUT2D eigenvalue weighted by Crippen LogP contribution is -2.52. The molecule has 218 valence electrons. The second-order valence-corrected chi connectivity index (χ2v) is 13.3. The highest BCUT2D eigenvalue weighted by Crippen LogP contribution is 2.39. The van der Waals surface area contributed by atoms with Gasteiger partial charge in [0.05, 0.1) is 24.1 Å². The van der Waals surface area contributed by atoms with E-state index in [-0.39, 0.29) is 17.9 Å². The average molecular weight is 570 g/mol. The molecule has 2 aliphatic heterocycles. The number of piperazine rings is 1. The number of hydrogen-bond donors (Lipinski definition) is 2. The molecule has 1 aromatic heterocycles. The fourth-order valence-electron chi connectivity index (χ4n) is 6.03. The zero-order valence-corrected chi connectivity index (χ0v) is 25.1. The van der Waals surface area contributed by atoms with Gasteiger partial charge in [-0.15, -0.1) is 0 Å². The zero-order valence-electron chi connectivity index (χ0n) is 24.4. The van der Waals surface area contributed by atoms with Gasteiger partial charge in [0, 0.05) is 56.3 Å². The molecule has 1 aliphatic carbocycles. The van der Waals surface area contributed by atoms with Crippen LogP contribution in [0.15, 0.2) is 24.4 Å². The molecule has 2 N–H and O–H groups in total. The van der Waals surface area contributed by atoms with Gasteiger partial charge in [-0.05, 0) is 68.2 Å². The van der Waals surface area contributed by atoms with Gasteiger partial charge in [-0.1, -0.05) is 32.4 Å². The lowest BCUT2D eigenvalue weighted by Gasteiger charge is -2.36. The molecule has 1 aromatic carbocycles. The van der Waals surface area contributed by atoms with Crippen LogP contribution in [-0.2, 0) is 18.4 Å². The first-order valence-corrected chi connectivity index (χ1v) is 15.1. The molecule has 1 saturated carbocycles. The quantitative estimate of drug-likeness (QED) is 0.515. The number of aryl methyl sites for hydroxylation is 1. The Labute approximate surface area is 243 Å². The van der Waals surface area contributed by atoms with E-state index in [2.05, 4.69) is 41.4 Å². The summed E-state index contributed by atoms with van der Waals surface area (Å²) < 4.78 is 1.79. The Bertz CT molecular complexity index is 1210. The van der Waals surface area contributed by atoms with Crippen LogP contribution in [0, 0.1) is 17.3 Å². The highest BCUT2D eigenvalue weighted by Gasteiger charge is 2.34. The van der Waals surface area contributed by atoms with E-state index in [1.807, 2.05) is 41.2 Å². The van der Waals surface area contributed by atoms with Crippen LogP contribution >= 0.6 is 11.6 Å². The van der Waals surface area contributed by atoms with E-state index in [9.17, 15) is 9.59 Å². The maximum absolute atomic E-state index is 13.8. The van der Waals surface area contributed by atoms with Gasteiger partial charge < -0.3 is 20.4 Å². The van der Waals surface area contributed by atoms with Gasteiger partial charge in [0.2, 0.25) is 5.91 Å². The third-order valence-corrected chi connectivity index (χ3v) is 8.92. The van der Waals surface area contributed by atoms with Gasteiger partial charge in [-0.25, -0.2) is 4.79 Å². The Hall–Kier alpha value is -2.78. The molecular weight excluding hydrogens is 526 g/mol. The van der Waals surface area contributed by atoms with Crippen LogP contribution in [0.3, 0.4) is 0 Å². The van der Waals surface area contributed by atoms with Crippen LogP contribution in [0.5, 0.6) is 0 Å². The molecule has 0 spiro atoms. The summed E-state index contributed by atoms with van der Waals surface area (Å²) in [5.41, 5.74) is 2.98. The molecule has 3 heterocycles. The summed E-state index contributed by atoms with van der Waals surface area (Å²) in [5.74, 6) is 1.40. The number of aromatic nitrogens is 2. The summed E-state index contributed by atoms with van der Waals surface area (Å²) in [5, 5.41) is 11.6. The Morgan fingerprint density at radius 3 is 2.52 bits per heavy atom. The number of carbonyl (C=O) groups excluding carboxylic acids is 2. The predicted octanol–water partition coefficient (Wildman–Crippen LogP) is 5.23. The van der Waals surface area contributed by atoms with Crippen molar-refractivity contribution >= 4 is 40.7 Å². The van der Waals surface area contributed by atoms with Crippen molar-refractivity contribution < 1.29 is 9.59 Å². The van der Waals surface area contributed by atoms with E-state index < -0.39 is 0 Å². The highest BCUT2D eigenvalue weighted by atomic mass is 35.5. The van der Waals surface area contributed by atoms with Gasteiger partial charge in [0.1, 0.15) is 5.82 Å². The monoisotopic (exact) mass is 569 g/mol. The number of benzene rings is 1. The predicted molar refractivity (Wildman–Crippen MR) is 160 cm³/mol. The molecule has 2 aromatic rings. The second kappa shape index (κ2) is 12.0. The molecule has 40 heavy (non-hydrogen) atoms. The second-order valence-electron chi connectivity index (χ2n) is 12.9. The minimum absolute atomic E-state index is 0.0325. The topological polar surface area (TPSA) is 85.7 Å². The fraction of sp³-hybridized carbons (Fsp3) is 0.633. The van der Waals surface area contributed by atoms with E-state index in [1.165, 1.54) is 6.42 Å². The number of halogens is 1. The van der Waals surface area contributed by atoms with Gasteiger partial charge in [-0.3, -0.25) is 14.4 Å². The van der Waals surface area contributed by atoms with E-state index in [0.29, 0.717) is 29.4 Å². The molecule has 5 rings (SSSR count). The maximum atomic E-state index is 13.8. The number of fused-ring (bicyclic) bond motifs is 2. The van der Waals surface area contributed by atoms with Crippen LogP contribution in [0.25, 0.3) is 0 Å². The number of amides is 3. The van der Waals surface area contributed by atoms with Crippen molar-refractivity contribution in [2.75, 3.05) is 49.5 Å². The van der Waals surface area contributed by atoms with Crippen LogP contribution in [0.4, 0.5) is 22.0 Å². The maximum Gasteiger partial charge on any atom is 0.317 e. The van der Waals surface area contributed by atoms with Crippen molar-refractivity contribution in [2.45, 2.75) is 59.4 Å². The van der Waals surface area contributed by atoms with Crippen molar-refractivity contribution in [2.24, 2.45) is 24.3 Å². The highest BCUT2D eigenvalue weighted by molar-refractivity contribution is 6.31. The lowest BCUT2D eigenvalue weighted by atomic mass is 9.81.